The van der Waals surface area contributed by atoms with E-state index in [0.717, 1.165) is 29.7 Å². The van der Waals surface area contributed by atoms with Gasteiger partial charge in [0.25, 0.3) is 0 Å². The SMILES string of the molecule is COC(=O)C1(c2cccc(C)c2OC)CC1. The number of carbonyl (C=O) groups is 1. The number of rotatable bonds is 3. The summed E-state index contributed by atoms with van der Waals surface area (Å²) in [5.41, 5.74) is 1.56. The summed E-state index contributed by atoms with van der Waals surface area (Å²) in [4.78, 5) is 11.8. The van der Waals surface area contributed by atoms with E-state index >= 15 is 0 Å². The van der Waals surface area contributed by atoms with Gasteiger partial charge in [-0.25, -0.2) is 0 Å². The lowest BCUT2D eigenvalue weighted by Gasteiger charge is -2.18. The maximum absolute atomic E-state index is 11.8. The Hall–Kier alpha value is -1.51. The van der Waals surface area contributed by atoms with Crippen LogP contribution in [0.3, 0.4) is 0 Å². The van der Waals surface area contributed by atoms with Gasteiger partial charge in [0.2, 0.25) is 0 Å². The summed E-state index contributed by atoms with van der Waals surface area (Å²) in [6.45, 7) is 1.98. The molecule has 2 rings (SSSR count). The molecule has 16 heavy (non-hydrogen) atoms. The van der Waals surface area contributed by atoms with E-state index in [2.05, 4.69) is 0 Å². The molecule has 1 aromatic rings. The predicted octanol–water partition coefficient (Wildman–Crippen LogP) is 2.21. The Morgan fingerprint density at radius 3 is 2.50 bits per heavy atom. The Kier molecular flexibility index (Phi) is 2.62. The van der Waals surface area contributed by atoms with E-state index in [1.807, 2.05) is 25.1 Å². The van der Waals surface area contributed by atoms with Crippen molar-refractivity contribution >= 4 is 5.97 Å². The zero-order valence-corrected chi connectivity index (χ0v) is 9.87. The second-order valence-corrected chi connectivity index (χ2v) is 4.23. The van der Waals surface area contributed by atoms with E-state index in [-0.39, 0.29) is 5.97 Å². The molecule has 0 bridgehead atoms. The summed E-state index contributed by atoms with van der Waals surface area (Å²) in [6, 6.07) is 5.89. The summed E-state index contributed by atoms with van der Waals surface area (Å²) < 4.78 is 10.3. The standard InChI is InChI=1S/C13H16O3/c1-9-5-4-6-10(11(9)15-2)13(7-8-13)12(14)16-3/h4-6H,7-8H2,1-3H3. The molecule has 3 heteroatoms. The van der Waals surface area contributed by atoms with Crippen molar-refractivity contribution in [1.82, 2.24) is 0 Å². The van der Waals surface area contributed by atoms with E-state index in [1.165, 1.54) is 7.11 Å². The normalized spacial score (nSPS) is 16.7. The number of hydrogen-bond acceptors (Lipinski definition) is 3. The van der Waals surface area contributed by atoms with Crippen LogP contribution in [0.4, 0.5) is 0 Å². The lowest BCUT2D eigenvalue weighted by molar-refractivity contribution is -0.143. The molecule has 3 nitrogen and oxygen atoms in total. The van der Waals surface area contributed by atoms with Gasteiger partial charge in [-0.2, -0.15) is 0 Å². The zero-order valence-electron chi connectivity index (χ0n) is 9.87. The molecule has 0 unspecified atom stereocenters. The summed E-state index contributed by atoms with van der Waals surface area (Å²) >= 11 is 0. The number of benzene rings is 1. The number of esters is 1. The van der Waals surface area contributed by atoms with Gasteiger partial charge in [0.15, 0.2) is 0 Å². The molecule has 0 amide bonds. The van der Waals surface area contributed by atoms with Gasteiger partial charge in [0.05, 0.1) is 19.6 Å². The van der Waals surface area contributed by atoms with Crippen LogP contribution in [0.1, 0.15) is 24.0 Å². The summed E-state index contributed by atoms with van der Waals surface area (Å²) in [5.74, 6) is 0.654. The van der Waals surface area contributed by atoms with Crippen molar-refractivity contribution in [3.8, 4) is 5.75 Å². The maximum Gasteiger partial charge on any atom is 0.316 e. The Morgan fingerprint density at radius 2 is 2.00 bits per heavy atom. The average molecular weight is 220 g/mol. The fourth-order valence-electron chi connectivity index (χ4n) is 2.20. The number of ether oxygens (including phenoxy) is 2. The molecule has 86 valence electrons. The first-order valence-corrected chi connectivity index (χ1v) is 5.38. The Bertz CT molecular complexity index is 419. The highest BCUT2D eigenvalue weighted by Crippen LogP contribution is 2.52. The topological polar surface area (TPSA) is 35.5 Å². The first-order valence-electron chi connectivity index (χ1n) is 5.38. The van der Waals surface area contributed by atoms with Gasteiger partial charge in [-0.05, 0) is 25.3 Å². The van der Waals surface area contributed by atoms with E-state index < -0.39 is 5.41 Å². The molecule has 1 aliphatic carbocycles. The zero-order chi connectivity index (χ0) is 11.8. The molecular weight excluding hydrogens is 204 g/mol. The highest BCUT2D eigenvalue weighted by atomic mass is 16.5. The van der Waals surface area contributed by atoms with Gasteiger partial charge < -0.3 is 9.47 Å². The van der Waals surface area contributed by atoms with Crippen LogP contribution in [-0.2, 0) is 14.9 Å². The van der Waals surface area contributed by atoms with Crippen LogP contribution in [0.5, 0.6) is 5.75 Å². The highest BCUT2D eigenvalue weighted by molar-refractivity contribution is 5.87. The second kappa shape index (κ2) is 3.81. The Balaban J connectivity index is 2.48. The molecular formula is C13H16O3. The van der Waals surface area contributed by atoms with Crippen molar-refractivity contribution < 1.29 is 14.3 Å². The first-order chi connectivity index (χ1) is 7.65. The molecule has 0 heterocycles. The van der Waals surface area contributed by atoms with Crippen molar-refractivity contribution in [3.63, 3.8) is 0 Å². The molecule has 0 radical (unpaired) electrons. The van der Waals surface area contributed by atoms with Crippen molar-refractivity contribution in [2.24, 2.45) is 0 Å². The monoisotopic (exact) mass is 220 g/mol. The van der Waals surface area contributed by atoms with E-state index in [4.69, 9.17) is 9.47 Å². The number of methoxy groups -OCH3 is 2. The van der Waals surface area contributed by atoms with Crippen LogP contribution in [0.15, 0.2) is 18.2 Å². The van der Waals surface area contributed by atoms with E-state index in [9.17, 15) is 4.79 Å². The van der Waals surface area contributed by atoms with Crippen LogP contribution in [0.25, 0.3) is 0 Å². The quantitative estimate of drug-likeness (QED) is 0.733. The number of carbonyl (C=O) groups excluding carboxylic acids is 1. The smallest absolute Gasteiger partial charge is 0.316 e. The van der Waals surface area contributed by atoms with E-state index in [1.54, 1.807) is 7.11 Å². The van der Waals surface area contributed by atoms with Gasteiger partial charge in [-0.3, -0.25) is 4.79 Å². The third-order valence-electron chi connectivity index (χ3n) is 3.26. The Labute approximate surface area is 95.4 Å². The van der Waals surface area contributed by atoms with Crippen molar-refractivity contribution in [2.45, 2.75) is 25.2 Å². The Morgan fingerprint density at radius 1 is 1.31 bits per heavy atom. The van der Waals surface area contributed by atoms with Gasteiger partial charge in [0.1, 0.15) is 5.75 Å². The maximum atomic E-state index is 11.8. The number of hydrogen-bond donors (Lipinski definition) is 0. The molecule has 1 aliphatic rings. The molecule has 1 fully saturated rings. The van der Waals surface area contributed by atoms with Crippen LogP contribution in [0, 0.1) is 6.92 Å². The van der Waals surface area contributed by atoms with Crippen LogP contribution in [-0.4, -0.2) is 20.2 Å². The minimum absolute atomic E-state index is 0.156. The molecule has 0 aromatic heterocycles. The second-order valence-electron chi connectivity index (χ2n) is 4.23. The molecule has 1 saturated carbocycles. The van der Waals surface area contributed by atoms with Gasteiger partial charge in [-0.15, -0.1) is 0 Å². The summed E-state index contributed by atoms with van der Waals surface area (Å²) in [5, 5.41) is 0. The third-order valence-corrected chi connectivity index (χ3v) is 3.26. The summed E-state index contributed by atoms with van der Waals surface area (Å²) in [7, 11) is 3.07. The van der Waals surface area contributed by atoms with Crippen molar-refractivity contribution in [2.75, 3.05) is 14.2 Å². The molecule has 0 aliphatic heterocycles. The average Bonchev–Trinajstić information content (AvgIpc) is 3.09. The minimum atomic E-state index is -0.452. The number of aryl methyl sites for hydroxylation is 1. The molecule has 0 spiro atoms. The summed E-state index contributed by atoms with van der Waals surface area (Å²) in [6.07, 6.45) is 1.69. The molecule has 0 saturated heterocycles. The third kappa shape index (κ3) is 1.47. The van der Waals surface area contributed by atoms with E-state index in [0.29, 0.717) is 0 Å². The molecule has 0 N–H and O–H groups in total. The fraction of sp³-hybridized carbons (Fsp3) is 0.462. The molecule has 0 atom stereocenters. The van der Waals surface area contributed by atoms with Crippen LogP contribution >= 0.6 is 0 Å². The lowest BCUT2D eigenvalue weighted by Crippen LogP contribution is -2.22. The van der Waals surface area contributed by atoms with Crippen molar-refractivity contribution in [1.29, 1.82) is 0 Å². The molecule has 1 aromatic carbocycles. The van der Waals surface area contributed by atoms with Gasteiger partial charge in [-0.1, -0.05) is 18.2 Å². The fourth-order valence-corrected chi connectivity index (χ4v) is 2.20. The highest BCUT2D eigenvalue weighted by Gasteiger charge is 2.54. The minimum Gasteiger partial charge on any atom is -0.496 e. The first kappa shape index (κ1) is 11.0. The van der Waals surface area contributed by atoms with Gasteiger partial charge in [0, 0.05) is 5.56 Å². The van der Waals surface area contributed by atoms with Crippen molar-refractivity contribution in [3.05, 3.63) is 29.3 Å². The number of para-hydroxylation sites is 1. The largest absolute Gasteiger partial charge is 0.496 e. The van der Waals surface area contributed by atoms with Gasteiger partial charge >= 0.3 is 5.97 Å². The van der Waals surface area contributed by atoms with Crippen LogP contribution in [0.2, 0.25) is 0 Å². The lowest BCUT2D eigenvalue weighted by atomic mass is 9.93. The van der Waals surface area contributed by atoms with Crippen LogP contribution < -0.4 is 4.74 Å². The predicted molar refractivity (Wildman–Crippen MR) is 60.7 cm³/mol.